The van der Waals surface area contributed by atoms with Gasteiger partial charge in [-0.3, -0.25) is 15.2 Å². The average Bonchev–Trinajstić information content (AvgIpc) is 2.03. The molecule has 0 atom stereocenters. The first-order chi connectivity index (χ1) is 5.24. The minimum absolute atomic E-state index is 0.351. The summed E-state index contributed by atoms with van der Waals surface area (Å²) in [7, 11) is 0. The highest BCUT2D eigenvalue weighted by Crippen LogP contribution is 2.07. The van der Waals surface area contributed by atoms with Gasteiger partial charge in [-0.2, -0.15) is 0 Å². The third-order valence-corrected chi connectivity index (χ3v) is 1.33. The van der Waals surface area contributed by atoms with Crippen molar-refractivity contribution >= 4 is 11.6 Å². The number of aliphatic imine (C=N–C) groups is 1. The Labute approximate surface area is 64.5 Å². The van der Waals surface area contributed by atoms with Crippen LogP contribution in [0.4, 0.5) is 0 Å². The molecule has 0 unspecified atom stereocenters. The van der Waals surface area contributed by atoms with Gasteiger partial charge in [0.1, 0.15) is 5.71 Å². The minimum atomic E-state index is -0.351. The molecule has 11 heavy (non-hydrogen) atoms. The molecular formula is C7H9N3O. The summed E-state index contributed by atoms with van der Waals surface area (Å²) in [6, 6.07) is 0. The lowest BCUT2D eigenvalue weighted by Crippen LogP contribution is -2.36. The van der Waals surface area contributed by atoms with E-state index < -0.39 is 0 Å². The van der Waals surface area contributed by atoms with Gasteiger partial charge in [0, 0.05) is 12.6 Å². The number of rotatable bonds is 1. The Morgan fingerprint density at radius 3 is 3.09 bits per heavy atom. The first-order valence-electron chi connectivity index (χ1n) is 3.16. The summed E-state index contributed by atoms with van der Waals surface area (Å²) >= 11 is 0. The molecule has 1 amide bonds. The second-order valence-electron chi connectivity index (χ2n) is 2.20. The first kappa shape index (κ1) is 7.68. The van der Waals surface area contributed by atoms with Gasteiger partial charge in [0.05, 0.1) is 0 Å². The monoisotopic (exact) mass is 151 g/mol. The summed E-state index contributed by atoms with van der Waals surface area (Å²) in [5.41, 5.74) is 3.27. The second kappa shape index (κ2) is 3.12. The predicted molar refractivity (Wildman–Crippen MR) is 42.7 cm³/mol. The van der Waals surface area contributed by atoms with Crippen LogP contribution in [-0.2, 0) is 4.79 Å². The van der Waals surface area contributed by atoms with Gasteiger partial charge in [0.25, 0.3) is 5.91 Å². The number of allylic oxidation sites excluding steroid dienone is 2. The van der Waals surface area contributed by atoms with Gasteiger partial charge >= 0.3 is 0 Å². The van der Waals surface area contributed by atoms with Gasteiger partial charge in [-0.15, -0.1) is 0 Å². The number of hydrogen-bond donors (Lipinski definition) is 2. The summed E-state index contributed by atoms with van der Waals surface area (Å²) in [4.78, 5) is 14.7. The molecule has 3 N–H and O–H groups in total. The molecule has 1 aliphatic heterocycles. The molecule has 0 aromatic heterocycles. The highest BCUT2D eigenvalue weighted by atomic mass is 16.2. The molecule has 0 fully saturated rings. The molecule has 4 heteroatoms. The Kier molecular flexibility index (Phi) is 2.18. The number of carbonyl (C=O) groups excluding carboxylic acids is 1. The van der Waals surface area contributed by atoms with Gasteiger partial charge in [0.2, 0.25) is 0 Å². The van der Waals surface area contributed by atoms with Crippen LogP contribution >= 0.6 is 0 Å². The maximum Gasteiger partial charge on any atom is 0.279 e. The molecule has 0 saturated heterocycles. The molecule has 0 aliphatic carbocycles. The maximum atomic E-state index is 10.9. The topological polar surface area (TPSA) is 67.5 Å². The summed E-state index contributed by atoms with van der Waals surface area (Å²) in [5, 5.41) is 0. The largest absolute Gasteiger partial charge is 0.289 e. The van der Waals surface area contributed by atoms with Crippen LogP contribution in [0.15, 0.2) is 29.4 Å². The Morgan fingerprint density at radius 2 is 2.55 bits per heavy atom. The number of carbonyl (C=O) groups is 1. The van der Waals surface area contributed by atoms with E-state index in [9.17, 15) is 4.79 Å². The van der Waals surface area contributed by atoms with E-state index in [1.165, 1.54) is 6.20 Å². The summed E-state index contributed by atoms with van der Waals surface area (Å²) in [5.74, 6) is 4.56. The van der Waals surface area contributed by atoms with Crippen molar-refractivity contribution < 1.29 is 4.79 Å². The molecule has 0 spiro atoms. The average molecular weight is 151 g/mol. The Balaban J connectivity index is 2.74. The third-order valence-electron chi connectivity index (χ3n) is 1.33. The fourth-order valence-corrected chi connectivity index (χ4v) is 0.775. The van der Waals surface area contributed by atoms with E-state index in [1.54, 1.807) is 6.08 Å². The molecule has 1 rings (SSSR count). The van der Waals surface area contributed by atoms with Crippen molar-refractivity contribution in [3.05, 3.63) is 24.4 Å². The van der Waals surface area contributed by atoms with Gasteiger partial charge < -0.3 is 0 Å². The lowest BCUT2D eigenvalue weighted by molar-refractivity contribution is -0.114. The fourth-order valence-electron chi connectivity index (χ4n) is 0.775. The number of nitrogens with zero attached hydrogens (tertiary/aromatic N) is 1. The Bertz CT molecular complexity index is 252. The summed E-state index contributed by atoms with van der Waals surface area (Å²) in [6.45, 7) is 3.69. The van der Waals surface area contributed by atoms with Crippen molar-refractivity contribution in [1.82, 2.24) is 5.43 Å². The van der Waals surface area contributed by atoms with Crippen molar-refractivity contribution in [2.45, 2.75) is 6.42 Å². The van der Waals surface area contributed by atoms with Gasteiger partial charge in [-0.05, 0) is 11.6 Å². The highest BCUT2D eigenvalue weighted by molar-refractivity contribution is 6.39. The van der Waals surface area contributed by atoms with Crippen LogP contribution in [0.3, 0.4) is 0 Å². The third kappa shape index (κ3) is 1.75. The smallest absolute Gasteiger partial charge is 0.279 e. The van der Waals surface area contributed by atoms with E-state index in [4.69, 9.17) is 5.84 Å². The van der Waals surface area contributed by atoms with Crippen LogP contribution < -0.4 is 11.3 Å². The maximum absolute atomic E-state index is 10.9. The minimum Gasteiger partial charge on any atom is -0.289 e. The normalized spacial score (nSPS) is 16.1. The van der Waals surface area contributed by atoms with Crippen LogP contribution in [0.5, 0.6) is 0 Å². The van der Waals surface area contributed by atoms with Crippen LogP contribution in [0.1, 0.15) is 6.42 Å². The van der Waals surface area contributed by atoms with Gasteiger partial charge in [0.15, 0.2) is 0 Å². The number of nitrogens with one attached hydrogen (secondary N) is 1. The van der Waals surface area contributed by atoms with Crippen molar-refractivity contribution in [2.24, 2.45) is 10.8 Å². The van der Waals surface area contributed by atoms with Crippen molar-refractivity contribution in [1.29, 1.82) is 0 Å². The number of hydrogen-bond acceptors (Lipinski definition) is 3. The van der Waals surface area contributed by atoms with E-state index in [0.717, 1.165) is 5.57 Å². The zero-order valence-electron chi connectivity index (χ0n) is 6.00. The molecular weight excluding hydrogens is 142 g/mol. The van der Waals surface area contributed by atoms with Crippen LogP contribution in [0, 0.1) is 0 Å². The Hall–Kier alpha value is -1.42. The molecule has 0 bridgehead atoms. The van der Waals surface area contributed by atoms with E-state index in [-0.39, 0.29) is 5.91 Å². The molecule has 1 aliphatic rings. The lowest BCUT2D eigenvalue weighted by Gasteiger charge is -2.06. The molecule has 0 aromatic carbocycles. The van der Waals surface area contributed by atoms with E-state index >= 15 is 0 Å². The molecule has 0 radical (unpaired) electrons. The summed E-state index contributed by atoms with van der Waals surface area (Å²) in [6.07, 6.45) is 3.77. The number of amides is 1. The zero-order chi connectivity index (χ0) is 8.27. The van der Waals surface area contributed by atoms with Gasteiger partial charge in [-0.1, -0.05) is 6.58 Å². The standard InChI is InChI=1S/C7H9N3O/c1-5-2-3-9-6(4-5)7(11)10-8/h2-3H,1,4,8H2,(H,10,11). The fraction of sp³-hybridized carbons (Fsp3) is 0.143. The summed E-state index contributed by atoms with van der Waals surface area (Å²) < 4.78 is 0. The molecule has 0 saturated carbocycles. The van der Waals surface area contributed by atoms with Gasteiger partial charge in [-0.25, -0.2) is 5.84 Å². The van der Waals surface area contributed by atoms with Crippen LogP contribution in [0.2, 0.25) is 0 Å². The van der Waals surface area contributed by atoms with Crippen LogP contribution in [0.25, 0.3) is 0 Å². The second-order valence-corrected chi connectivity index (χ2v) is 2.20. The molecule has 4 nitrogen and oxygen atoms in total. The zero-order valence-corrected chi connectivity index (χ0v) is 6.00. The van der Waals surface area contributed by atoms with E-state index in [1.807, 2.05) is 5.43 Å². The lowest BCUT2D eigenvalue weighted by atomic mass is 10.1. The molecule has 1 heterocycles. The quantitative estimate of drug-likeness (QED) is 0.312. The number of nitrogens with two attached hydrogens (primary N) is 1. The van der Waals surface area contributed by atoms with E-state index in [2.05, 4.69) is 11.6 Å². The van der Waals surface area contributed by atoms with Crippen LogP contribution in [-0.4, -0.2) is 11.6 Å². The highest BCUT2D eigenvalue weighted by Gasteiger charge is 2.11. The van der Waals surface area contributed by atoms with E-state index in [0.29, 0.717) is 12.1 Å². The Morgan fingerprint density at radius 1 is 1.82 bits per heavy atom. The first-order valence-corrected chi connectivity index (χ1v) is 3.16. The molecule has 58 valence electrons. The van der Waals surface area contributed by atoms with Crippen molar-refractivity contribution in [2.75, 3.05) is 0 Å². The number of hydrazine groups is 1. The SMILES string of the molecule is C=C1C=CN=C(C(=O)NN)C1. The van der Waals surface area contributed by atoms with Crippen molar-refractivity contribution in [3.63, 3.8) is 0 Å². The predicted octanol–water partition coefficient (Wildman–Crippen LogP) is -0.109. The molecule has 0 aromatic rings. The van der Waals surface area contributed by atoms with Crippen molar-refractivity contribution in [3.8, 4) is 0 Å².